The van der Waals surface area contributed by atoms with E-state index < -0.39 is 0 Å². The van der Waals surface area contributed by atoms with Crippen LogP contribution in [0.4, 0.5) is 4.39 Å². The largest absolute Gasteiger partial charge is 0.393 e. The van der Waals surface area contributed by atoms with E-state index in [4.69, 9.17) is 0 Å². The lowest BCUT2D eigenvalue weighted by atomic mass is 9.77. The molecule has 0 bridgehead atoms. The van der Waals surface area contributed by atoms with Crippen LogP contribution in [0, 0.1) is 17.7 Å². The van der Waals surface area contributed by atoms with Crippen molar-refractivity contribution in [3.63, 3.8) is 0 Å². The normalized spacial score (nSPS) is 29.3. The Bertz CT molecular complexity index is 394. The average Bonchev–Trinajstić information content (AvgIpc) is 2.27. The smallest absolute Gasteiger partial charge is 0.124 e. The van der Waals surface area contributed by atoms with Gasteiger partial charge in [-0.25, -0.2) is 4.39 Å². The maximum absolute atomic E-state index is 13.0. The lowest BCUT2D eigenvalue weighted by Gasteiger charge is -2.31. The molecule has 0 heterocycles. The highest BCUT2D eigenvalue weighted by Crippen LogP contribution is 2.33. The summed E-state index contributed by atoms with van der Waals surface area (Å²) in [6, 6.07) is 4.79. The number of aliphatic hydroxyl groups excluding tert-OH is 1. The second kappa shape index (κ2) is 5.49. The first-order valence-corrected chi connectivity index (χ1v) is 6.97. The van der Waals surface area contributed by atoms with Gasteiger partial charge in [-0.3, -0.25) is 0 Å². The molecule has 0 spiro atoms. The summed E-state index contributed by atoms with van der Waals surface area (Å²) in [7, 11) is 0. The highest BCUT2D eigenvalue weighted by atomic mass is 79.9. The Balaban J connectivity index is 2.08. The van der Waals surface area contributed by atoms with Crippen molar-refractivity contribution in [2.45, 2.75) is 38.7 Å². The van der Waals surface area contributed by atoms with Gasteiger partial charge in [0.25, 0.3) is 0 Å². The van der Waals surface area contributed by atoms with Gasteiger partial charge in [0.15, 0.2) is 0 Å². The van der Waals surface area contributed by atoms with Gasteiger partial charge in [0.1, 0.15) is 5.82 Å². The Morgan fingerprint density at radius 1 is 1.41 bits per heavy atom. The molecular weight excluding hydrogens is 283 g/mol. The van der Waals surface area contributed by atoms with Crippen LogP contribution in [0.5, 0.6) is 0 Å². The number of hydrogen-bond donors (Lipinski definition) is 1. The summed E-state index contributed by atoms with van der Waals surface area (Å²) in [5, 5.41) is 10.0. The summed E-state index contributed by atoms with van der Waals surface area (Å²) in [6.45, 7) is 2.23. The lowest BCUT2D eigenvalue weighted by molar-refractivity contribution is 0.0519. The highest BCUT2D eigenvalue weighted by molar-refractivity contribution is 9.10. The molecule has 1 saturated carbocycles. The molecule has 94 valence electrons. The first kappa shape index (κ1) is 13.0. The van der Waals surface area contributed by atoms with E-state index in [1.165, 1.54) is 12.1 Å². The quantitative estimate of drug-likeness (QED) is 0.877. The zero-order valence-corrected chi connectivity index (χ0v) is 11.6. The van der Waals surface area contributed by atoms with E-state index in [0.29, 0.717) is 11.8 Å². The molecule has 3 unspecified atom stereocenters. The van der Waals surface area contributed by atoms with Crippen LogP contribution >= 0.6 is 15.9 Å². The molecule has 3 heteroatoms. The summed E-state index contributed by atoms with van der Waals surface area (Å²) in [6.07, 6.45) is 3.69. The Kier molecular flexibility index (Phi) is 4.21. The second-order valence-corrected chi connectivity index (χ2v) is 6.04. The van der Waals surface area contributed by atoms with Crippen molar-refractivity contribution < 1.29 is 9.50 Å². The highest BCUT2D eigenvalue weighted by Gasteiger charge is 2.27. The fourth-order valence-electron chi connectivity index (χ4n) is 2.67. The number of benzene rings is 1. The van der Waals surface area contributed by atoms with Gasteiger partial charge in [-0.1, -0.05) is 28.9 Å². The van der Waals surface area contributed by atoms with Crippen molar-refractivity contribution in [3.8, 4) is 0 Å². The van der Waals surface area contributed by atoms with Crippen molar-refractivity contribution in [1.82, 2.24) is 0 Å². The van der Waals surface area contributed by atoms with Crippen LogP contribution in [0.3, 0.4) is 0 Å². The topological polar surface area (TPSA) is 20.2 Å². The zero-order chi connectivity index (χ0) is 12.4. The fraction of sp³-hybridized carbons (Fsp3) is 0.571. The molecule has 0 aromatic heterocycles. The van der Waals surface area contributed by atoms with Gasteiger partial charge in [-0.05, 0) is 55.2 Å². The standard InChI is InChI=1S/C14H18BrFO/c1-9-2-5-14(17)11(6-9)7-10-3-4-12(16)8-13(10)15/h3-4,8-9,11,14,17H,2,5-7H2,1H3. The molecule has 1 aliphatic rings. The third-order valence-electron chi connectivity index (χ3n) is 3.70. The van der Waals surface area contributed by atoms with Crippen LogP contribution in [0.1, 0.15) is 31.7 Å². The maximum atomic E-state index is 13.0. The van der Waals surface area contributed by atoms with Crippen molar-refractivity contribution >= 4 is 15.9 Å². The Morgan fingerprint density at radius 2 is 2.18 bits per heavy atom. The fourth-order valence-corrected chi connectivity index (χ4v) is 3.18. The molecule has 1 aliphatic carbocycles. The van der Waals surface area contributed by atoms with E-state index in [1.54, 1.807) is 0 Å². The van der Waals surface area contributed by atoms with E-state index in [1.807, 2.05) is 6.07 Å². The Hall–Kier alpha value is -0.410. The molecule has 17 heavy (non-hydrogen) atoms. The van der Waals surface area contributed by atoms with E-state index in [9.17, 15) is 9.50 Å². The minimum atomic E-state index is -0.224. The molecule has 0 saturated heterocycles. The van der Waals surface area contributed by atoms with Crippen molar-refractivity contribution in [1.29, 1.82) is 0 Å². The van der Waals surface area contributed by atoms with Crippen molar-refractivity contribution in [2.75, 3.05) is 0 Å². The SMILES string of the molecule is CC1CCC(O)C(Cc2ccc(F)cc2Br)C1. The molecule has 0 radical (unpaired) electrons. The first-order valence-electron chi connectivity index (χ1n) is 6.18. The lowest BCUT2D eigenvalue weighted by Crippen LogP contribution is -2.29. The summed E-state index contributed by atoms with van der Waals surface area (Å²) < 4.78 is 13.8. The van der Waals surface area contributed by atoms with Crippen molar-refractivity contribution in [3.05, 3.63) is 34.1 Å². The monoisotopic (exact) mass is 300 g/mol. The first-order chi connectivity index (χ1) is 8.06. The minimum absolute atomic E-state index is 0.205. The van der Waals surface area contributed by atoms with E-state index in [0.717, 1.165) is 35.7 Å². The van der Waals surface area contributed by atoms with Crippen LogP contribution in [-0.4, -0.2) is 11.2 Å². The van der Waals surface area contributed by atoms with Gasteiger partial charge in [0.2, 0.25) is 0 Å². The summed E-state index contributed by atoms with van der Waals surface area (Å²) >= 11 is 3.39. The van der Waals surface area contributed by atoms with E-state index in [-0.39, 0.29) is 11.9 Å². The number of rotatable bonds is 2. The molecule has 3 atom stereocenters. The van der Waals surface area contributed by atoms with E-state index in [2.05, 4.69) is 22.9 Å². The molecule has 1 N–H and O–H groups in total. The van der Waals surface area contributed by atoms with Crippen molar-refractivity contribution in [2.24, 2.45) is 11.8 Å². The van der Waals surface area contributed by atoms with Crippen LogP contribution < -0.4 is 0 Å². The molecule has 2 rings (SSSR count). The zero-order valence-electron chi connectivity index (χ0n) is 10.00. The summed E-state index contributed by atoms with van der Waals surface area (Å²) in [5.74, 6) is 0.765. The molecule has 1 aromatic rings. The Morgan fingerprint density at radius 3 is 2.88 bits per heavy atom. The molecule has 0 amide bonds. The third kappa shape index (κ3) is 3.29. The average molecular weight is 301 g/mol. The molecule has 1 aromatic carbocycles. The summed E-state index contributed by atoms with van der Waals surface area (Å²) in [5.41, 5.74) is 1.09. The summed E-state index contributed by atoms with van der Waals surface area (Å²) in [4.78, 5) is 0. The van der Waals surface area contributed by atoms with Gasteiger partial charge in [0.05, 0.1) is 6.10 Å². The predicted molar refractivity (Wildman–Crippen MR) is 70.3 cm³/mol. The van der Waals surface area contributed by atoms with Gasteiger partial charge in [-0.15, -0.1) is 0 Å². The van der Waals surface area contributed by atoms with Gasteiger partial charge in [0, 0.05) is 4.47 Å². The van der Waals surface area contributed by atoms with Crippen LogP contribution in [0.25, 0.3) is 0 Å². The second-order valence-electron chi connectivity index (χ2n) is 5.19. The van der Waals surface area contributed by atoms with E-state index >= 15 is 0 Å². The van der Waals surface area contributed by atoms with Crippen LogP contribution in [0.2, 0.25) is 0 Å². The minimum Gasteiger partial charge on any atom is -0.393 e. The number of aliphatic hydroxyl groups is 1. The van der Waals surface area contributed by atoms with Gasteiger partial charge < -0.3 is 5.11 Å². The number of halogens is 2. The Labute approximate surface area is 110 Å². The molecular formula is C14H18BrFO. The van der Waals surface area contributed by atoms with Crippen LogP contribution in [-0.2, 0) is 6.42 Å². The maximum Gasteiger partial charge on any atom is 0.124 e. The van der Waals surface area contributed by atoms with Gasteiger partial charge >= 0.3 is 0 Å². The van der Waals surface area contributed by atoms with Gasteiger partial charge in [-0.2, -0.15) is 0 Å². The van der Waals surface area contributed by atoms with Crippen LogP contribution in [0.15, 0.2) is 22.7 Å². The molecule has 1 fully saturated rings. The number of hydrogen-bond acceptors (Lipinski definition) is 1. The molecule has 0 aliphatic heterocycles. The molecule has 1 nitrogen and oxygen atoms in total. The third-order valence-corrected chi connectivity index (χ3v) is 4.44. The predicted octanol–water partition coefficient (Wildman–Crippen LogP) is 3.93.